The Balaban J connectivity index is 1.27. The Hall–Kier alpha value is -3.21. The van der Waals surface area contributed by atoms with Crippen molar-refractivity contribution in [1.29, 1.82) is 0 Å². The molecule has 0 spiro atoms. The zero-order valence-corrected chi connectivity index (χ0v) is 33.6. The quantitative estimate of drug-likeness (QED) is 0.280. The summed E-state index contributed by atoms with van der Waals surface area (Å²) in [7, 11) is 0. The predicted molar refractivity (Wildman–Crippen MR) is 198 cm³/mol. The van der Waals surface area contributed by atoms with Crippen LogP contribution in [-0.2, 0) is 35.3 Å². The second-order valence-electron chi connectivity index (χ2n) is 19.5. The van der Waals surface area contributed by atoms with E-state index in [0.717, 1.165) is 57.1 Å². The highest BCUT2D eigenvalue weighted by Crippen LogP contribution is 2.75. The van der Waals surface area contributed by atoms with Gasteiger partial charge in [0.2, 0.25) is 0 Å². The molecule has 1 aliphatic heterocycles. The molecule has 5 fully saturated rings. The summed E-state index contributed by atoms with van der Waals surface area (Å²) in [5, 5.41) is 10.3. The number of carboxylic acids is 1. The number of nitrogens with zero attached hydrogens (tertiary/aromatic N) is 1. The van der Waals surface area contributed by atoms with Crippen molar-refractivity contribution in [2.75, 3.05) is 19.7 Å². The van der Waals surface area contributed by atoms with Gasteiger partial charge in [-0.1, -0.05) is 33.3 Å². The molecule has 1 N–H and O–H groups in total. The standard InChI is InChI=1S/C43H61NO10/c1-9-51-34(46)26-11-10-20-44(23-26)32-13-14-40(5)31(43(32,8)36(49)52-24-30-25(2)53-37(50)54-30)12-15-42(7)33(40)29(45)21-27-28-22-39(4,35(47)48)17-16-38(28,3)18-19-41(27,42)6/h21,26,28,31-33H,9-20,22-24H2,1-8H3,(H,47,48)/t26-,28+,31?,32+,33-,38-,39+,40+,41-,42-,43+/m1/s1. The Morgan fingerprint density at radius 3 is 2.31 bits per heavy atom. The summed E-state index contributed by atoms with van der Waals surface area (Å²) in [6.07, 6.45) is 10.3. The lowest BCUT2D eigenvalue weighted by Crippen LogP contribution is -2.70. The zero-order valence-electron chi connectivity index (χ0n) is 33.6. The van der Waals surface area contributed by atoms with Gasteiger partial charge in [-0.25, -0.2) is 4.79 Å². The van der Waals surface area contributed by atoms with Crippen molar-refractivity contribution in [1.82, 2.24) is 4.90 Å². The zero-order chi connectivity index (χ0) is 39.2. The van der Waals surface area contributed by atoms with Crippen molar-refractivity contribution >= 4 is 23.7 Å². The van der Waals surface area contributed by atoms with Crippen molar-refractivity contribution in [3.8, 4) is 0 Å². The normalized spacial score (nSPS) is 43.4. The molecule has 54 heavy (non-hydrogen) atoms. The number of ketones is 1. The van der Waals surface area contributed by atoms with E-state index >= 15 is 4.79 Å². The highest BCUT2D eigenvalue weighted by molar-refractivity contribution is 5.96. The molecule has 11 atom stereocenters. The number of rotatable bonds is 7. The van der Waals surface area contributed by atoms with Crippen LogP contribution < -0.4 is 5.82 Å². The van der Waals surface area contributed by atoms with E-state index in [1.54, 1.807) is 6.92 Å². The Morgan fingerprint density at radius 1 is 0.926 bits per heavy atom. The van der Waals surface area contributed by atoms with Gasteiger partial charge in [0.05, 0.1) is 23.4 Å². The molecular formula is C43H61NO10. The van der Waals surface area contributed by atoms with Crippen LogP contribution in [0.25, 0.3) is 0 Å². The molecule has 11 heteroatoms. The van der Waals surface area contributed by atoms with Gasteiger partial charge in [-0.05, 0) is 144 Å². The number of aliphatic carboxylic acids is 1. The maximum absolute atomic E-state index is 15.0. The summed E-state index contributed by atoms with van der Waals surface area (Å²) in [5.74, 6) is -2.49. The average Bonchev–Trinajstić information content (AvgIpc) is 3.44. The fraction of sp³-hybridized carbons (Fsp3) is 0.791. The smallest absolute Gasteiger partial charge is 0.481 e. The molecule has 0 bridgehead atoms. The molecule has 1 aromatic rings. The van der Waals surface area contributed by atoms with Crippen LogP contribution in [0.5, 0.6) is 0 Å². The number of hydrogen-bond donors (Lipinski definition) is 1. The largest absolute Gasteiger partial charge is 0.519 e. The molecule has 7 rings (SSSR count). The minimum Gasteiger partial charge on any atom is -0.481 e. The molecule has 1 aromatic heterocycles. The second-order valence-corrected chi connectivity index (χ2v) is 19.5. The summed E-state index contributed by atoms with van der Waals surface area (Å²) in [4.78, 5) is 69.6. The third-order valence-electron chi connectivity index (χ3n) is 16.9. The number of esters is 2. The van der Waals surface area contributed by atoms with E-state index in [9.17, 15) is 24.3 Å². The van der Waals surface area contributed by atoms with Gasteiger partial charge < -0.3 is 23.4 Å². The van der Waals surface area contributed by atoms with Crippen LogP contribution in [0.1, 0.15) is 131 Å². The van der Waals surface area contributed by atoms with Crippen LogP contribution in [0.2, 0.25) is 0 Å². The third kappa shape index (κ3) is 5.62. The lowest BCUT2D eigenvalue weighted by molar-refractivity contribution is -0.213. The third-order valence-corrected chi connectivity index (χ3v) is 16.9. The maximum atomic E-state index is 15.0. The van der Waals surface area contributed by atoms with Gasteiger partial charge in [0, 0.05) is 18.5 Å². The van der Waals surface area contributed by atoms with Gasteiger partial charge in [0.1, 0.15) is 0 Å². The first kappa shape index (κ1) is 39.0. The lowest BCUT2D eigenvalue weighted by atomic mass is 9.33. The number of ether oxygens (including phenoxy) is 2. The van der Waals surface area contributed by atoms with Crippen molar-refractivity contribution in [2.45, 2.75) is 139 Å². The lowest BCUT2D eigenvalue weighted by Gasteiger charge is -2.71. The molecule has 6 aliphatic rings. The van der Waals surface area contributed by atoms with E-state index in [4.69, 9.17) is 18.3 Å². The number of carbonyl (C=O) groups excluding carboxylic acids is 3. The fourth-order valence-electron chi connectivity index (χ4n) is 13.4. The Kier molecular flexibility index (Phi) is 9.54. The monoisotopic (exact) mass is 751 g/mol. The van der Waals surface area contributed by atoms with E-state index in [0.29, 0.717) is 38.8 Å². The van der Waals surface area contributed by atoms with Crippen LogP contribution in [0.15, 0.2) is 25.3 Å². The van der Waals surface area contributed by atoms with Gasteiger partial charge in [-0.15, -0.1) is 0 Å². The summed E-state index contributed by atoms with van der Waals surface area (Å²) in [6, 6.07) is -0.242. The summed E-state index contributed by atoms with van der Waals surface area (Å²) in [6.45, 7) is 17.8. The summed E-state index contributed by atoms with van der Waals surface area (Å²) in [5.41, 5.74) is -2.01. The van der Waals surface area contributed by atoms with Crippen molar-refractivity contribution in [3.63, 3.8) is 0 Å². The van der Waals surface area contributed by atoms with Crippen molar-refractivity contribution < 1.29 is 42.6 Å². The van der Waals surface area contributed by atoms with Crippen LogP contribution in [0.3, 0.4) is 0 Å². The van der Waals surface area contributed by atoms with Crippen molar-refractivity contribution in [2.24, 2.45) is 56.2 Å². The Morgan fingerprint density at radius 2 is 1.65 bits per heavy atom. The Bertz CT molecular complexity index is 1810. The van der Waals surface area contributed by atoms with Gasteiger partial charge in [-0.3, -0.25) is 24.1 Å². The number of allylic oxidation sites excluding steroid dienone is 2. The first-order valence-corrected chi connectivity index (χ1v) is 20.4. The van der Waals surface area contributed by atoms with E-state index in [-0.39, 0.29) is 70.4 Å². The summed E-state index contributed by atoms with van der Waals surface area (Å²) >= 11 is 0. The number of aryl methyl sites for hydroxylation is 1. The predicted octanol–water partition coefficient (Wildman–Crippen LogP) is 7.27. The number of carbonyl (C=O) groups is 4. The number of carboxylic acid groups (broad SMARTS) is 1. The van der Waals surface area contributed by atoms with Gasteiger partial charge in [0.15, 0.2) is 23.9 Å². The minimum absolute atomic E-state index is 0.0206. The molecule has 0 amide bonds. The van der Waals surface area contributed by atoms with E-state index < -0.39 is 39.4 Å². The molecule has 0 radical (unpaired) electrons. The van der Waals surface area contributed by atoms with Crippen LogP contribution in [-0.4, -0.2) is 59.4 Å². The molecule has 298 valence electrons. The van der Waals surface area contributed by atoms with Gasteiger partial charge in [0.25, 0.3) is 0 Å². The molecule has 5 aliphatic carbocycles. The maximum Gasteiger partial charge on any atom is 0.519 e. The topological polar surface area (TPSA) is 154 Å². The highest BCUT2D eigenvalue weighted by atomic mass is 16.6. The summed E-state index contributed by atoms with van der Waals surface area (Å²) < 4.78 is 21.8. The first-order chi connectivity index (χ1) is 25.3. The molecule has 1 unspecified atom stereocenters. The average molecular weight is 752 g/mol. The first-order valence-electron chi connectivity index (χ1n) is 20.4. The van der Waals surface area contributed by atoms with Crippen molar-refractivity contribution in [3.05, 3.63) is 33.8 Å². The number of hydrogen-bond acceptors (Lipinski definition) is 10. The minimum atomic E-state index is -1.05. The second kappa shape index (κ2) is 13.2. The van der Waals surface area contributed by atoms with Gasteiger partial charge >= 0.3 is 23.7 Å². The fourth-order valence-corrected chi connectivity index (χ4v) is 13.4. The van der Waals surface area contributed by atoms with Crippen LogP contribution in [0, 0.1) is 63.1 Å². The number of fused-ring (bicyclic) bond motifs is 7. The van der Waals surface area contributed by atoms with Crippen LogP contribution in [0.4, 0.5) is 0 Å². The van der Waals surface area contributed by atoms with Crippen LogP contribution >= 0.6 is 0 Å². The number of piperidine rings is 1. The molecular weight excluding hydrogens is 690 g/mol. The number of likely N-dealkylation sites (tertiary alicyclic amines) is 1. The van der Waals surface area contributed by atoms with E-state index in [1.165, 1.54) is 0 Å². The Labute approximate surface area is 318 Å². The molecule has 0 aromatic carbocycles. The highest BCUT2D eigenvalue weighted by Gasteiger charge is 2.72. The molecule has 2 heterocycles. The van der Waals surface area contributed by atoms with E-state index in [2.05, 4.69) is 32.6 Å². The SMILES string of the molecule is CCOC(=O)[C@@H]1CCCN([C@H]2CC[C@@]3(C)C(CC[C@]4(C)[C@@H]3C(=O)C=C3[C@@H]5C[C@@](C)(C(=O)O)CC[C@]5(C)CC[C@]34C)[C@]2(C)C(=O)OCc2oc(=O)oc2C)C1. The molecule has 11 nitrogen and oxygen atoms in total. The van der Waals surface area contributed by atoms with Gasteiger partial charge in [-0.2, -0.15) is 0 Å². The van der Waals surface area contributed by atoms with E-state index in [1.807, 2.05) is 26.8 Å². The molecule has 1 saturated heterocycles. The molecule has 4 saturated carbocycles.